The molecule has 1 aromatic carbocycles. The molecule has 1 fully saturated rings. The van der Waals surface area contributed by atoms with Crippen molar-refractivity contribution >= 4 is 11.6 Å². The van der Waals surface area contributed by atoms with Crippen LogP contribution in [0.5, 0.6) is 0 Å². The van der Waals surface area contributed by atoms with Crippen LogP contribution in [-0.2, 0) is 4.79 Å². The molecule has 0 radical (unpaired) electrons. The molecule has 1 saturated carbocycles. The Hall–Kier alpha value is -2.28. The van der Waals surface area contributed by atoms with Crippen LogP contribution in [0.15, 0.2) is 30.0 Å². The van der Waals surface area contributed by atoms with Crippen LogP contribution in [0.1, 0.15) is 81.8 Å². The Morgan fingerprint density at radius 3 is 2.11 bits per heavy atom. The van der Waals surface area contributed by atoms with Gasteiger partial charge in [-0.15, -0.1) is 0 Å². The molecule has 0 atom stereocenters. The second kappa shape index (κ2) is 12.2. The van der Waals surface area contributed by atoms with Crippen molar-refractivity contribution in [2.45, 2.75) is 90.5 Å². The van der Waals surface area contributed by atoms with Crippen LogP contribution in [0, 0.1) is 25.2 Å². The Kier molecular flexibility index (Phi) is 9.62. The first-order valence-electron chi connectivity index (χ1n) is 10.8. The van der Waals surface area contributed by atoms with Crippen LogP contribution >= 0.6 is 0 Å². The highest BCUT2D eigenvalue weighted by Crippen LogP contribution is 2.18. The zero-order valence-corrected chi connectivity index (χ0v) is 17.5. The lowest BCUT2D eigenvalue weighted by molar-refractivity contribution is -0.117. The Labute approximate surface area is 170 Å². The van der Waals surface area contributed by atoms with Crippen LogP contribution in [0.4, 0.5) is 5.69 Å². The van der Waals surface area contributed by atoms with Crippen molar-refractivity contribution in [1.29, 1.82) is 5.26 Å². The number of amides is 1. The van der Waals surface area contributed by atoms with Crippen LogP contribution in [-0.4, -0.2) is 11.9 Å². The molecule has 152 valence electrons. The number of rotatable bonds is 4. The van der Waals surface area contributed by atoms with Gasteiger partial charge in [0.05, 0.1) is 0 Å². The van der Waals surface area contributed by atoms with Crippen LogP contribution < -0.4 is 10.6 Å². The zero-order chi connectivity index (χ0) is 20.2. The highest BCUT2D eigenvalue weighted by atomic mass is 16.1. The van der Waals surface area contributed by atoms with Gasteiger partial charge >= 0.3 is 0 Å². The lowest BCUT2D eigenvalue weighted by Crippen LogP contribution is -2.35. The number of nitriles is 1. The summed E-state index contributed by atoms with van der Waals surface area (Å²) in [6.07, 6.45) is 15.0. The summed E-state index contributed by atoms with van der Waals surface area (Å²) in [5.41, 5.74) is 3.32. The fraction of sp³-hybridized carbons (Fsp3) is 0.583. The minimum absolute atomic E-state index is 0.131. The Balaban J connectivity index is 1.94. The molecule has 0 saturated heterocycles. The predicted molar refractivity (Wildman–Crippen MR) is 116 cm³/mol. The molecular formula is C24H35N3O. The summed E-state index contributed by atoms with van der Waals surface area (Å²) < 4.78 is 0. The van der Waals surface area contributed by atoms with E-state index in [2.05, 4.69) is 16.7 Å². The minimum atomic E-state index is -0.267. The van der Waals surface area contributed by atoms with E-state index < -0.39 is 0 Å². The molecule has 0 aromatic heterocycles. The summed E-state index contributed by atoms with van der Waals surface area (Å²) in [6.45, 7) is 4.06. The highest BCUT2D eigenvalue weighted by molar-refractivity contribution is 5.97. The van der Waals surface area contributed by atoms with Crippen molar-refractivity contribution in [1.82, 2.24) is 5.32 Å². The number of hydrogen-bond donors (Lipinski definition) is 2. The third-order valence-electron chi connectivity index (χ3n) is 5.56. The van der Waals surface area contributed by atoms with Gasteiger partial charge in [0, 0.05) is 17.9 Å². The van der Waals surface area contributed by atoms with Gasteiger partial charge in [-0.25, -0.2) is 0 Å². The van der Waals surface area contributed by atoms with Gasteiger partial charge in [0.25, 0.3) is 5.91 Å². The van der Waals surface area contributed by atoms with E-state index >= 15 is 0 Å². The molecule has 0 spiro atoms. The summed E-state index contributed by atoms with van der Waals surface area (Å²) in [7, 11) is 0. The smallest absolute Gasteiger partial charge is 0.263 e. The number of carbonyl (C=O) groups excluding carboxylic acids is 1. The highest BCUT2D eigenvalue weighted by Gasteiger charge is 2.16. The van der Waals surface area contributed by atoms with Gasteiger partial charge in [0.1, 0.15) is 11.6 Å². The molecule has 0 heterocycles. The van der Waals surface area contributed by atoms with Crippen molar-refractivity contribution in [3.63, 3.8) is 0 Å². The van der Waals surface area contributed by atoms with Crippen molar-refractivity contribution < 1.29 is 4.79 Å². The molecule has 1 aliphatic rings. The molecule has 2 rings (SSSR count). The zero-order valence-electron chi connectivity index (χ0n) is 17.5. The average Bonchev–Trinajstić information content (AvgIpc) is 2.66. The molecule has 4 heteroatoms. The lowest BCUT2D eigenvalue weighted by Gasteiger charge is -2.19. The van der Waals surface area contributed by atoms with Gasteiger partial charge < -0.3 is 10.6 Å². The third-order valence-corrected chi connectivity index (χ3v) is 5.56. The van der Waals surface area contributed by atoms with Gasteiger partial charge in [0.15, 0.2) is 0 Å². The number of aryl methyl sites for hydroxylation is 2. The molecule has 1 amide bonds. The summed E-state index contributed by atoms with van der Waals surface area (Å²) in [6, 6.07) is 8.28. The summed E-state index contributed by atoms with van der Waals surface area (Å²) in [5.74, 6) is -0.267. The molecule has 0 bridgehead atoms. The van der Waals surface area contributed by atoms with Crippen molar-refractivity contribution in [2.24, 2.45) is 0 Å². The number of benzene rings is 1. The molecule has 0 unspecified atom stereocenters. The molecule has 2 N–H and O–H groups in total. The first-order valence-corrected chi connectivity index (χ1v) is 10.8. The molecule has 0 aliphatic heterocycles. The van der Waals surface area contributed by atoms with Crippen LogP contribution in [0.3, 0.4) is 0 Å². The van der Waals surface area contributed by atoms with E-state index in [9.17, 15) is 10.1 Å². The van der Waals surface area contributed by atoms with E-state index in [0.717, 1.165) is 36.9 Å². The fourth-order valence-electron chi connectivity index (χ4n) is 3.84. The van der Waals surface area contributed by atoms with E-state index in [1.165, 1.54) is 56.7 Å². The van der Waals surface area contributed by atoms with Crippen molar-refractivity contribution in [3.05, 3.63) is 41.1 Å². The maximum Gasteiger partial charge on any atom is 0.263 e. The van der Waals surface area contributed by atoms with Gasteiger partial charge in [0.2, 0.25) is 0 Å². The normalized spacial score (nSPS) is 17.7. The van der Waals surface area contributed by atoms with E-state index in [-0.39, 0.29) is 17.5 Å². The van der Waals surface area contributed by atoms with E-state index in [1.807, 2.05) is 32.0 Å². The van der Waals surface area contributed by atoms with Gasteiger partial charge in [-0.2, -0.15) is 5.26 Å². The largest absolute Gasteiger partial charge is 0.360 e. The number of nitrogens with one attached hydrogen (secondary N) is 2. The molecule has 4 nitrogen and oxygen atoms in total. The second-order valence-electron chi connectivity index (χ2n) is 8.06. The molecule has 1 aromatic rings. The van der Waals surface area contributed by atoms with Crippen molar-refractivity contribution in [3.8, 4) is 6.07 Å². The topological polar surface area (TPSA) is 64.9 Å². The Morgan fingerprint density at radius 2 is 1.57 bits per heavy atom. The number of carbonyl (C=O) groups is 1. The van der Waals surface area contributed by atoms with E-state index in [0.29, 0.717) is 0 Å². The molecular weight excluding hydrogens is 346 g/mol. The standard InChI is InChI=1S/C24H35N3O/c1-19-14-15-23(20(2)16-19)26-18-21(17-25)24(28)27-22-12-10-8-6-4-3-5-7-9-11-13-22/h14-16,18,22,26H,3-13H2,1-2H3,(H,27,28)/b21-18-. The monoisotopic (exact) mass is 381 g/mol. The molecule has 28 heavy (non-hydrogen) atoms. The van der Waals surface area contributed by atoms with E-state index in [1.54, 1.807) is 0 Å². The summed E-state index contributed by atoms with van der Waals surface area (Å²) >= 11 is 0. The maximum atomic E-state index is 12.6. The minimum Gasteiger partial charge on any atom is -0.360 e. The van der Waals surface area contributed by atoms with Gasteiger partial charge in [-0.1, -0.05) is 75.5 Å². The Bertz CT molecular complexity index is 690. The molecule has 1 aliphatic carbocycles. The predicted octanol–water partition coefficient (Wildman–Crippen LogP) is 5.91. The van der Waals surface area contributed by atoms with Gasteiger partial charge in [-0.05, 0) is 38.3 Å². The average molecular weight is 382 g/mol. The quantitative estimate of drug-likeness (QED) is 0.503. The second-order valence-corrected chi connectivity index (χ2v) is 8.06. The van der Waals surface area contributed by atoms with E-state index in [4.69, 9.17) is 0 Å². The first kappa shape index (κ1) is 22.0. The fourth-order valence-corrected chi connectivity index (χ4v) is 3.84. The SMILES string of the molecule is Cc1ccc(N/C=C(/C#N)C(=O)NC2CCCCCCCCCCC2)c(C)c1. The van der Waals surface area contributed by atoms with Crippen LogP contribution in [0.2, 0.25) is 0 Å². The Morgan fingerprint density at radius 1 is 1.00 bits per heavy atom. The number of anilines is 1. The summed E-state index contributed by atoms with van der Waals surface area (Å²) in [5, 5.41) is 15.7. The third kappa shape index (κ3) is 7.76. The first-order chi connectivity index (χ1) is 13.6. The summed E-state index contributed by atoms with van der Waals surface area (Å²) in [4.78, 5) is 12.6. The van der Waals surface area contributed by atoms with Crippen molar-refractivity contribution in [2.75, 3.05) is 5.32 Å². The lowest BCUT2D eigenvalue weighted by atomic mass is 9.98. The van der Waals surface area contributed by atoms with Gasteiger partial charge in [-0.3, -0.25) is 4.79 Å². The maximum absolute atomic E-state index is 12.6. The van der Waals surface area contributed by atoms with Crippen LogP contribution in [0.25, 0.3) is 0 Å². The number of nitrogens with zero attached hydrogens (tertiary/aromatic N) is 1. The number of hydrogen-bond acceptors (Lipinski definition) is 3.